The molecule has 1 aromatic heterocycles. The summed E-state index contributed by atoms with van der Waals surface area (Å²) in [5, 5.41) is 0. The SMILES string of the molecule is C/C=C\N=C(COc1cnc(C(F)(F)F)nc1)C(CCC)CCC. The van der Waals surface area contributed by atoms with Gasteiger partial charge in [0.05, 0.1) is 18.1 Å². The molecule has 0 unspecified atom stereocenters. The molecular weight excluding hydrogens is 319 g/mol. The molecule has 0 aromatic carbocycles. The second kappa shape index (κ2) is 10.1. The highest BCUT2D eigenvalue weighted by Crippen LogP contribution is 2.26. The molecule has 1 rings (SSSR count). The Bertz CT molecular complexity index is 533. The lowest BCUT2D eigenvalue weighted by molar-refractivity contribution is -0.145. The molecule has 7 heteroatoms. The van der Waals surface area contributed by atoms with Crippen molar-refractivity contribution in [3.05, 3.63) is 30.5 Å². The van der Waals surface area contributed by atoms with Crippen molar-refractivity contribution in [2.24, 2.45) is 10.9 Å². The van der Waals surface area contributed by atoms with Crippen molar-refractivity contribution in [2.75, 3.05) is 6.61 Å². The van der Waals surface area contributed by atoms with Crippen molar-refractivity contribution in [2.45, 2.75) is 52.6 Å². The van der Waals surface area contributed by atoms with Crippen LogP contribution in [0.25, 0.3) is 0 Å². The van der Waals surface area contributed by atoms with Gasteiger partial charge in [0.2, 0.25) is 5.82 Å². The molecule has 24 heavy (non-hydrogen) atoms. The van der Waals surface area contributed by atoms with Crippen LogP contribution in [0.15, 0.2) is 29.7 Å². The first kappa shape index (κ1) is 20.1. The summed E-state index contributed by atoms with van der Waals surface area (Å²) >= 11 is 0. The summed E-state index contributed by atoms with van der Waals surface area (Å²) in [6.45, 7) is 6.31. The lowest BCUT2D eigenvalue weighted by Crippen LogP contribution is -2.22. The highest BCUT2D eigenvalue weighted by atomic mass is 19.4. The van der Waals surface area contributed by atoms with E-state index < -0.39 is 12.0 Å². The molecule has 0 bridgehead atoms. The van der Waals surface area contributed by atoms with Gasteiger partial charge in [-0.3, -0.25) is 4.99 Å². The number of nitrogens with zero attached hydrogens (tertiary/aromatic N) is 3. The van der Waals surface area contributed by atoms with Gasteiger partial charge in [-0.25, -0.2) is 9.97 Å². The summed E-state index contributed by atoms with van der Waals surface area (Å²) in [7, 11) is 0. The minimum absolute atomic E-state index is 0.197. The highest BCUT2D eigenvalue weighted by Gasteiger charge is 2.34. The molecule has 0 spiro atoms. The summed E-state index contributed by atoms with van der Waals surface area (Å²) in [4.78, 5) is 11.0. The molecule has 1 heterocycles. The Hall–Kier alpha value is -1.92. The van der Waals surface area contributed by atoms with E-state index in [-0.39, 0.29) is 12.4 Å². The van der Waals surface area contributed by atoms with E-state index in [1.807, 2.05) is 13.0 Å². The van der Waals surface area contributed by atoms with Gasteiger partial charge in [0, 0.05) is 12.1 Å². The topological polar surface area (TPSA) is 47.4 Å². The first-order valence-corrected chi connectivity index (χ1v) is 8.12. The van der Waals surface area contributed by atoms with Gasteiger partial charge in [0.1, 0.15) is 6.61 Å². The van der Waals surface area contributed by atoms with Gasteiger partial charge >= 0.3 is 6.18 Å². The number of hydrogen-bond donors (Lipinski definition) is 0. The summed E-state index contributed by atoms with van der Waals surface area (Å²) in [6, 6.07) is 0. The number of halogens is 3. The molecule has 0 aliphatic carbocycles. The van der Waals surface area contributed by atoms with Crippen LogP contribution < -0.4 is 4.74 Å². The van der Waals surface area contributed by atoms with Crippen LogP contribution in [-0.2, 0) is 6.18 Å². The molecule has 134 valence electrons. The molecule has 0 aliphatic rings. The third-order valence-electron chi connectivity index (χ3n) is 3.40. The Morgan fingerprint density at radius 3 is 2.25 bits per heavy atom. The summed E-state index contributed by atoms with van der Waals surface area (Å²) in [6.07, 6.45) is 5.12. The van der Waals surface area contributed by atoms with E-state index in [2.05, 4.69) is 28.8 Å². The maximum Gasteiger partial charge on any atom is 0.451 e. The van der Waals surface area contributed by atoms with Crippen molar-refractivity contribution < 1.29 is 17.9 Å². The summed E-state index contributed by atoms with van der Waals surface area (Å²) in [5.74, 6) is -0.679. The highest BCUT2D eigenvalue weighted by molar-refractivity contribution is 5.88. The molecule has 0 N–H and O–H groups in total. The Labute approximate surface area is 140 Å². The summed E-state index contributed by atoms with van der Waals surface area (Å²) < 4.78 is 42.9. The quantitative estimate of drug-likeness (QED) is 0.588. The monoisotopic (exact) mass is 343 g/mol. The maximum atomic E-state index is 12.5. The van der Waals surface area contributed by atoms with E-state index in [1.165, 1.54) is 0 Å². The number of aromatic nitrogens is 2. The van der Waals surface area contributed by atoms with E-state index in [0.29, 0.717) is 5.92 Å². The zero-order valence-corrected chi connectivity index (χ0v) is 14.3. The zero-order valence-electron chi connectivity index (χ0n) is 14.3. The minimum atomic E-state index is -4.55. The second-order valence-corrected chi connectivity index (χ2v) is 5.41. The first-order valence-electron chi connectivity index (χ1n) is 8.12. The van der Waals surface area contributed by atoms with Crippen LogP contribution in [0.2, 0.25) is 0 Å². The van der Waals surface area contributed by atoms with Crippen LogP contribution in [0.1, 0.15) is 52.3 Å². The lowest BCUT2D eigenvalue weighted by Gasteiger charge is -2.18. The number of alkyl halides is 3. The third kappa shape index (κ3) is 6.68. The van der Waals surface area contributed by atoms with Crippen LogP contribution in [0.5, 0.6) is 5.75 Å². The van der Waals surface area contributed by atoms with E-state index in [4.69, 9.17) is 4.74 Å². The average molecular weight is 343 g/mol. The van der Waals surface area contributed by atoms with Crippen molar-refractivity contribution in [3.8, 4) is 5.75 Å². The van der Waals surface area contributed by atoms with E-state index in [1.54, 1.807) is 6.20 Å². The molecule has 0 radical (unpaired) electrons. The Morgan fingerprint density at radius 2 is 1.79 bits per heavy atom. The fourth-order valence-corrected chi connectivity index (χ4v) is 2.30. The van der Waals surface area contributed by atoms with Gasteiger partial charge in [-0.1, -0.05) is 32.8 Å². The number of aliphatic imine (C=N–C) groups is 1. The van der Waals surface area contributed by atoms with E-state index >= 15 is 0 Å². The Kier molecular flexibility index (Phi) is 8.43. The summed E-state index contributed by atoms with van der Waals surface area (Å²) in [5.41, 5.74) is 0.886. The van der Waals surface area contributed by atoms with Crippen LogP contribution in [0, 0.1) is 5.92 Å². The van der Waals surface area contributed by atoms with Gasteiger partial charge in [-0.05, 0) is 19.8 Å². The van der Waals surface area contributed by atoms with Crippen LogP contribution in [0.3, 0.4) is 0 Å². The predicted molar refractivity (Wildman–Crippen MR) is 88.1 cm³/mol. The van der Waals surface area contributed by atoms with Crippen molar-refractivity contribution in [3.63, 3.8) is 0 Å². The minimum Gasteiger partial charge on any atom is -0.484 e. The molecular formula is C17H24F3N3O. The zero-order chi connectivity index (χ0) is 18.0. The molecule has 0 fully saturated rings. The number of ether oxygens (including phenoxy) is 1. The largest absolute Gasteiger partial charge is 0.484 e. The molecule has 4 nitrogen and oxygen atoms in total. The van der Waals surface area contributed by atoms with Gasteiger partial charge in [-0.15, -0.1) is 0 Å². The van der Waals surface area contributed by atoms with Crippen molar-refractivity contribution >= 4 is 5.71 Å². The van der Waals surface area contributed by atoms with E-state index in [9.17, 15) is 13.2 Å². The lowest BCUT2D eigenvalue weighted by atomic mass is 9.93. The Morgan fingerprint density at radius 1 is 1.21 bits per heavy atom. The molecule has 0 aliphatic heterocycles. The molecule has 0 amide bonds. The molecule has 0 atom stereocenters. The second-order valence-electron chi connectivity index (χ2n) is 5.41. The fourth-order valence-electron chi connectivity index (χ4n) is 2.30. The van der Waals surface area contributed by atoms with Crippen LogP contribution in [0.4, 0.5) is 13.2 Å². The maximum absolute atomic E-state index is 12.5. The smallest absolute Gasteiger partial charge is 0.451 e. The predicted octanol–water partition coefficient (Wildman–Crippen LogP) is 5.07. The van der Waals surface area contributed by atoms with Gasteiger partial charge in [0.15, 0.2) is 5.75 Å². The molecule has 0 saturated heterocycles. The first-order chi connectivity index (χ1) is 11.4. The number of allylic oxidation sites excluding steroid dienone is 1. The average Bonchev–Trinajstić information content (AvgIpc) is 2.54. The van der Waals surface area contributed by atoms with Crippen molar-refractivity contribution in [1.82, 2.24) is 9.97 Å². The molecule has 1 aromatic rings. The normalized spacial score (nSPS) is 13.0. The standard InChI is InChI=1S/C17H24F3N3O/c1-4-7-13(8-5-2)15(21-9-6-3)12-24-14-10-22-16(23-11-14)17(18,19)20/h6,9-11,13H,4-5,7-8,12H2,1-3H3/b9-6-,21-15?. The number of hydrogen-bond acceptors (Lipinski definition) is 4. The van der Waals surface area contributed by atoms with Crippen molar-refractivity contribution in [1.29, 1.82) is 0 Å². The number of rotatable bonds is 9. The van der Waals surface area contributed by atoms with E-state index in [0.717, 1.165) is 43.8 Å². The van der Waals surface area contributed by atoms with Crippen LogP contribution in [-0.4, -0.2) is 22.3 Å². The fraction of sp³-hybridized carbons (Fsp3) is 0.588. The van der Waals surface area contributed by atoms with Gasteiger partial charge in [-0.2, -0.15) is 13.2 Å². The van der Waals surface area contributed by atoms with Gasteiger partial charge < -0.3 is 4.74 Å². The molecule has 0 saturated carbocycles. The van der Waals surface area contributed by atoms with Gasteiger partial charge in [0.25, 0.3) is 0 Å². The third-order valence-corrected chi connectivity index (χ3v) is 3.40. The Balaban J connectivity index is 2.80. The van der Waals surface area contributed by atoms with Crippen LogP contribution >= 0.6 is 0 Å².